The summed E-state index contributed by atoms with van der Waals surface area (Å²) in [6.45, 7) is 8.07. The summed E-state index contributed by atoms with van der Waals surface area (Å²) in [5.74, 6) is -0.00611. The predicted molar refractivity (Wildman–Crippen MR) is 68.2 cm³/mol. The Bertz CT molecular complexity index is 350. The lowest BCUT2D eigenvalue weighted by atomic mass is 9.74. The van der Waals surface area contributed by atoms with Crippen molar-refractivity contribution in [2.45, 2.75) is 39.8 Å². The van der Waals surface area contributed by atoms with E-state index in [4.69, 9.17) is 5.73 Å². The number of carbonyl (C=O) groups excluding carboxylic acids is 1. The predicted octanol–water partition coefficient (Wildman–Crippen LogP) is 2.13. The summed E-state index contributed by atoms with van der Waals surface area (Å²) < 4.78 is 0. The van der Waals surface area contributed by atoms with E-state index < -0.39 is 11.0 Å². The number of amides is 1. The number of thiophene rings is 1. The summed E-state index contributed by atoms with van der Waals surface area (Å²) >= 11 is 1.64. The molecule has 0 spiro atoms. The molecule has 4 heteroatoms. The molecule has 0 unspecified atom stereocenters. The quantitative estimate of drug-likeness (QED) is 0.847. The van der Waals surface area contributed by atoms with Gasteiger partial charge in [0.15, 0.2) is 0 Å². The van der Waals surface area contributed by atoms with Crippen molar-refractivity contribution in [3.63, 3.8) is 0 Å². The average molecular weight is 240 g/mol. The topological polar surface area (TPSA) is 55.1 Å². The van der Waals surface area contributed by atoms with Gasteiger partial charge in [-0.2, -0.15) is 0 Å². The largest absolute Gasteiger partial charge is 0.351 e. The summed E-state index contributed by atoms with van der Waals surface area (Å²) in [4.78, 5) is 13.2. The van der Waals surface area contributed by atoms with Crippen molar-refractivity contribution >= 4 is 17.2 Å². The molecule has 3 N–H and O–H groups in total. The molecule has 0 saturated carbocycles. The Balaban J connectivity index is 2.59. The highest BCUT2D eigenvalue weighted by Gasteiger charge is 2.40. The summed E-state index contributed by atoms with van der Waals surface area (Å²) in [6.07, 6.45) is 0. The van der Waals surface area contributed by atoms with Gasteiger partial charge in [-0.05, 0) is 39.1 Å². The Kier molecular flexibility index (Phi) is 3.76. The van der Waals surface area contributed by atoms with E-state index in [9.17, 15) is 4.79 Å². The minimum atomic E-state index is -0.579. The third kappa shape index (κ3) is 2.83. The molecule has 1 aromatic heterocycles. The second-order valence-corrected chi connectivity index (χ2v) is 6.14. The average Bonchev–Trinajstić information content (AvgIpc) is 2.64. The minimum Gasteiger partial charge on any atom is -0.351 e. The fraction of sp³-hybridized carbons (Fsp3) is 0.583. The van der Waals surface area contributed by atoms with Crippen LogP contribution in [0.1, 0.15) is 32.6 Å². The highest BCUT2D eigenvalue weighted by atomic mass is 32.1. The molecule has 16 heavy (non-hydrogen) atoms. The Morgan fingerprint density at radius 2 is 2.06 bits per heavy atom. The molecule has 0 aliphatic heterocycles. The van der Waals surface area contributed by atoms with Crippen LogP contribution < -0.4 is 11.1 Å². The van der Waals surface area contributed by atoms with Crippen LogP contribution in [-0.2, 0) is 11.3 Å². The van der Waals surface area contributed by atoms with E-state index in [1.54, 1.807) is 11.3 Å². The van der Waals surface area contributed by atoms with Crippen molar-refractivity contribution in [1.82, 2.24) is 5.32 Å². The van der Waals surface area contributed by atoms with Crippen molar-refractivity contribution < 1.29 is 4.79 Å². The van der Waals surface area contributed by atoms with Crippen LogP contribution in [0, 0.1) is 5.41 Å². The number of carbonyl (C=O) groups is 1. The van der Waals surface area contributed by atoms with Crippen LogP contribution in [0.4, 0.5) is 0 Å². The molecule has 1 aromatic rings. The van der Waals surface area contributed by atoms with Gasteiger partial charge in [0.1, 0.15) is 0 Å². The van der Waals surface area contributed by atoms with Gasteiger partial charge in [-0.25, -0.2) is 0 Å². The second kappa shape index (κ2) is 4.55. The van der Waals surface area contributed by atoms with E-state index in [2.05, 4.69) is 5.32 Å². The van der Waals surface area contributed by atoms with Crippen LogP contribution in [-0.4, -0.2) is 11.4 Å². The van der Waals surface area contributed by atoms with Crippen LogP contribution in [0.15, 0.2) is 17.5 Å². The van der Waals surface area contributed by atoms with Crippen LogP contribution in [0.5, 0.6) is 0 Å². The molecule has 0 bridgehead atoms. The van der Waals surface area contributed by atoms with Gasteiger partial charge in [-0.1, -0.05) is 6.07 Å². The SMILES string of the molecule is CC(C)(N)C(C)(C)C(=O)NCc1cccs1. The Morgan fingerprint density at radius 3 is 2.50 bits per heavy atom. The molecule has 0 fully saturated rings. The molecule has 3 nitrogen and oxygen atoms in total. The monoisotopic (exact) mass is 240 g/mol. The Labute approximate surface area is 101 Å². The lowest BCUT2D eigenvalue weighted by Gasteiger charge is -2.36. The van der Waals surface area contributed by atoms with Gasteiger partial charge in [0.25, 0.3) is 0 Å². The van der Waals surface area contributed by atoms with Crippen LogP contribution in [0.3, 0.4) is 0 Å². The summed E-state index contributed by atoms with van der Waals surface area (Å²) in [5.41, 5.74) is 4.89. The second-order valence-electron chi connectivity index (χ2n) is 5.11. The van der Waals surface area contributed by atoms with E-state index in [0.717, 1.165) is 4.88 Å². The van der Waals surface area contributed by atoms with Crippen molar-refractivity contribution in [3.8, 4) is 0 Å². The number of rotatable bonds is 4. The third-order valence-corrected chi connectivity index (χ3v) is 4.06. The maximum Gasteiger partial charge on any atom is 0.227 e. The lowest BCUT2D eigenvalue weighted by Crippen LogP contribution is -2.55. The van der Waals surface area contributed by atoms with Gasteiger partial charge in [0, 0.05) is 10.4 Å². The highest BCUT2D eigenvalue weighted by molar-refractivity contribution is 7.09. The maximum absolute atomic E-state index is 12.0. The number of hydrogen-bond acceptors (Lipinski definition) is 3. The lowest BCUT2D eigenvalue weighted by molar-refractivity contribution is -0.132. The zero-order chi connectivity index (χ0) is 12.4. The first-order chi connectivity index (χ1) is 7.25. The first kappa shape index (κ1) is 13.2. The zero-order valence-electron chi connectivity index (χ0n) is 10.3. The fourth-order valence-electron chi connectivity index (χ4n) is 1.09. The molecule has 0 radical (unpaired) electrons. The van der Waals surface area contributed by atoms with Crippen LogP contribution in [0.2, 0.25) is 0 Å². The summed E-state index contributed by atoms with van der Waals surface area (Å²) in [5, 5.41) is 4.92. The Hall–Kier alpha value is -0.870. The Morgan fingerprint density at radius 1 is 1.44 bits per heavy atom. The molecular weight excluding hydrogens is 220 g/mol. The van der Waals surface area contributed by atoms with Crippen molar-refractivity contribution in [2.75, 3.05) is 0 Å². The molecular formula is C12H20N2OS. The molecule has 0 saturated heterocycles. The van der Waals surface area contributed by atoms with Gasteiger partial charge < -0.3 is 11.1 Å². The molecule has 0 aromatic carbocycles. The molecule has 1 heterocycles. The van der Waals surface area contributed by atoms with E-state index >= 15 is 0 Å². The fourth-order valence-corrected chi connectivity index (χ4v) is 1.74. The van der Waals surface area contributed by atoms with Crippen molar-refractivity contribution in [3.05, 3.63) is 22.4 Å². The first-order valence-corrected chi connectivity index (χ1v) is 6.22. The van der Waals surface area contributed by atoms with E-state index in [1.807, 2.05) is 45.2 Å². The van der Waals surface area contributed by atoms with Gasteiger partial charge in [-0.15, -0.1) is 11.3 Å². The van der Waals surface area contributed by atoms with Gasteiger partial charge in [-0.3, -0.25) is 4.79 Å². The van der Waals surface area contributed by atoms with Crippen molar-refractivity contribution in [2.24, 2.45) is 11.1 Å². The standard InChI is InChI=1S/C12H20N2OS/c1-11(2,12(3,4)13)10(15)14-8-9-6-5-7-16-9/h5-7H,8,13H2,1-4H3,(H,14,15). The molecule has 0 aliphatic rings. The summed E-state index contributed by atoms with van der Waals surface area (Å²) in [7, 11) is 0. The van der Waals surface area contributed by atoms with Crippen LogP contribution in [0.25, 0.3) is 0 Å². The van der Waals surface area contributed by atoms with E-state index in [-0.39, 0.29) is 5.91 Å². The number of nitrogens with one attached hydrogen (secondary N) is 1. The maximum atomic E-state index is 12.0. The van der Waals surface area contributed by atoms with E-state index in [1.165, 1.54) is 0 Å². The summed E-state index contributed by atoms with van der Waals surface area (Å²) in [6, 6.07) is 3.98. The smallest absolute Gasteiger partial charge is 0.227 e. The zero-order valence-corrected chi connectivity index (χ0v) is 11.1. The molecule has 1 rings (SSSR count). The number of nitrogens with two attached hydrogens (primary N) is 1. The van der Waals surface area contributed by atoms with Gasteiger partial charge >= 0.3 is 0 Å². The molecule has 0 atom stereocenters. The van der Waals surface area contributed by atoms with Gasteiger partial charge in [0.05, 0.1) is 12.0 Å². The third-order valence-electron chi connectivity index (χ3n) is 3.18. The molecule has 1 amide bonds. The van der Waals surface area contributed by atoms with Crippen LogP contribution >= 0.6 is 11.3 Å². The normalized spacial score (nSPS) is 12.6. The first-order valence-electron chi connectivity index (χ1n) is 5.35. The highest BCUT2D eigenvalue weighted by Crippen LogP contribution is 2.28. The molecule has 0 aliphatic carbocycles. The van der Waals surface area contributed by atoms with E-state index in [0.29, 0.717) is 6.54 Å². The number of hydrogen-bond donors (Lipinski definition) is 2. The van der Waals surface area contributed by atoms with Gasteiger partial charge in [0.2, 0.25) is 5.91 Å². The minimum absolute atomic E-state index is 0.00611. The van der Waals surface area contributed by atoms with Crippen molar-refractivity contribution in [1.29, 1.82) is 0 Å². The molecule has 90 valence electrons.